The van der Waals surface area contributed by atoms with Crippen LogP contribution < -0.4 is 4.74 Å². The summed E-state index contributed by atoms with van der Waals surface area (Å²) in [4.78, 5) is 6.46. The zero-order valence-corrected chi connectivity index (χ0v) is 17.7. The largest absolute Gasteiger partial charge is 0.493 e. The predicted octanol–water partition coefficient (Wildman–Crippen LogP) is 6.26. The Balaban J connectivity index is 1.68. The molecule has 0 spiro atoms. The van der Waals surface area contributed by atoms with Crippen molar-refractivity contribution in [3.63, 3.8) is 0 Å². The molecule has 1 unspecified atom stereocenters. The number of halogens is 3. The lowest BCUT2D eigenvalue weighted by Gasteiger charge is -2.15. The molecular formula is C22H30F3N3O2. The van der Waals surface area contributed by atoms with E-state index in [2.05, 4.69) is 22.0 Å². The Kier molecular flexibility index (Phi) is 7.75. The molecule has 1 aliphatic rings. The summed E-state index contributed by atoms with van der Waals surface area (Å²) in [6, 6.07) is 3.98. The van der Waals surface area contributed by atoms with E-state index in [9.17, 15) is 13.2 Å². The highest BCUT2D eigenvalue weighted by Crippen LogP contribution is 2.39. The van der Waals surface area contributed by atoms with E-state index < -0.39 is 11.7 Å². The Bertz CT molecular complexity index is 807. The second kappa shape index (κ2) is 10.3. The fourth-order valence-corrected chi connectivity index (χ4v) is 3.79. The molecule has 3 rings (SSSR count). The summed E-state index contributed by atoms with van der Waals surface area (Å²) in [5.41, 5.74) is -0.541. The lowest BCUT2D eigenvalue weighted by molar-refractivity contribution is -0.138. The zero-order chi connectivity index (χ0) is 21.6. The van der Waals surface area contributed by atoms with E-state index in [1.165, 1.54) is 12.5 Å². The lowest BCUT2D eigenvalue weighted by atomic mass is 10.1. The van der Waals surface area contributed by atoms with Crippen LogP contribution in [0.5, 0.6) is 5.75 Å². The molecule has 30 heavy (non-hydrogen) atoms. The van der Waals surface area contributed by atoms with E-state index in [0.29, 0.717) is 5.89 Å². The summed E-state index contributed by atoms with van der Waals surface area (Å²) in [5.74, 6) is 0.458. The number of benzene rings is 1. The van der Waals surface area contributed by atoms with E-state index in [1.54, 1.807) is 6.07 Å². The number of rotatable bonds is 10. The Morgan fingerprint density at radius 2 is 1.93 bits per heavy atom. The molecule has 0 aliphatic carbocycles. The van der Waals surface area contributed by atoms with Crippen LogP contribution in [0, 0.1) is 0 Å². The van der Waals surface area contributed by atoms with Crippen LogP contribution in [-0.2, 0) is 6.18 Å². The Hall–Kier alpha value is -2.09. The third-order valence-corrected chi connectivity index (χ3v) is 5.55. The summed E-state index contributed by atoms with van der Waals surface area (Å²) >= 11 is 0. The molecule has 0 bridgehead atoms. The first-order chi connectivity index (χ1) is 14.4. The number of hydrogen-bond donors (Lipinski definition) is 0. The van der Waals surface area contributed by atoms with Crippen LogP contribution in [-0.4, -0.2) is 35.2 Å². The van der Waals surface area contributed by atoms with Gasteiger partial charge in [-0.25, -0.2) is 0 Å². The SMILES string of the molecule is CCCCCCCCOc1ccc(-c2noc(C3CCCN3C)n2)cc1C(F)(F)F. The van der Waals surface area contributed by atoms with Gasteiger partial charge >= 0.3 is 6.18 Å². The van der Waals surface area contributed by atoms with Gasteiger partial charge in [-0.15, -0.1) is 0 Å². The number of unbranched alkanes of at least 4 members (excludes halogenated alkanes) is 5. The Morgan fingerprint density at radius 3 is 2.63 bits per heavy atom. The van der Waals surface area contributed by atoms with Gasteiger partial charge in [0.1, 0.15) is 5.75 Å². The van der Waals surface area contributed by atoms with Crippen LogP contribution in [0.15, 0.2) is 22.7 Å². The van der Waals surface area contributed by atoms with Crippen molar-refractivity contribution in [3.05, 3.63) is 29.7 Å². The van der Waals surface area contributed by atoms with E-state index in [-0.39, 0.29) is 29.8 Å². The molecule has 1 atom stereocenters. The highest BCUT2D eigenvalue weighted by atomic mass is 19.4. The predicted molar refractivity (Wildman–Crippen MR) is 108 cm³/mol. The molecule has 0 N–H and O–H groups in total. The molecule has 0 amide bonds. The fraction of sp³-hybridized carbons (Fsp3) is 0.636. The number of alkyl halides is 3. The van der Waals surface area contributed by atoms with Crippen molar-refractivity contribution in [3.8, 4) is 17.1 Å². The topological polar surface area (TPSA) is 51.4 Å². The van der Waals surface area contributed by atoms with Crippen molar-refractivity contribution in [2.24, 2.45) is 0 Å². The number of hydrogen-bond acceptors (Lipinski definition) is 5. The van der Waals surface area contributed by atoms with Crippen molar-refractivity contribution >= 4 is 0 Å². The third-order valence-electron chi connectivity index (χ3n) is 5.55. The van der Waals surface area contributed by atoms with Crippen LogP contribution in [0.2, 0.25) is 0 Å². The number of aromatic nitrogens is 2. The van der Waals surface area contributed by atoms with Crippen molar-refractivity contribution in [2.75, 3.05) is 20.2 Å². The first-order valence-corrected chi connectivity index (χ1v) is 10.8. The van der Waals surface area contributed by atoms with E-state index in [0.717, 1.165) is 57.6 Å². The maximum atomic E-state index is 13.6. The maximum absolute atomic E-state index is 13.6. The summed E-state index contributed by atoms with van der Waals surface area (Å²) in [6.45, 7) is 3.36. The van der Waals surface area contributed by atoms with Gasteiger partial charge in [0, 0.05) is 5.56 Å². The fourth-order valence-electron chi connectivity index (χ4n) is 3.79. The van der Waals surface area contributed by atoms with E-state index >= 15 is 0 Å². The minimum absolute atomic E-state index is 0.0215. The van der Waals surface area contributed by atoms with Crippen molar-refractivity contribution in [1.29, 1.82) is 0 Å². The summed E-state index contributed by atoms with van der Waals surface area (Å²) < 4.78 is 51.6. The molecule has 2 aromatic rings. The van der Waals surface area contributed by atoms with Crippen molar-refractivity contribution in [1.82, 2.24) is 15.0 Å². The molecule has 166 valence electrons. The number of nitrogens with zero attached hydrogens (tertiary/aromatic N) is 3. The monoisotopic (exact) mass is 425 g/mol. The maximum Gasteiger partial charge on any atom is 0.419 e. The smallest absolute Gasteiger partial charge is 0.419 e. The average Bonchev–Trinajstić information content (AvgIpc) is 3.35. The van der Waals surface area contributed by atoms with Crippen LogP contribution in [0.1, 0.15) is 75.8 Å². The van der Waals surface area contributed by atoms with Crippen molar-refractivity contribution in [2.45, 2.75) is 70.5 Å². The standard InChI is InChI=1S/C22H30F3N3O2/c1-3-4-5-6-7-8-14-29-19-12-11-16(15-17(19)22(23,24)25)20-26-21(30-27-20)18-10-9-13-28(18)2/h11-12,15,18H,3-10,13-14H2,1-2H3. The van der Waals surface area contributed by atoms with Crippen LogP contribution in [0.25, 0.3) is 11.4 Å². The Labute approximate surface area is 175 Å². The molecule has 8 heteroatoms. The lowest BCUT2D eigenvalue weighted by Crippen LogP contribution is -2.17. The zero-order valence-electron chi connectivity index (χ0n) is 17.7. The van der Waals surface area contributed by atoms with Gasteiger partial charge in [0.2, 0.25) is 11.7 Å². The minimum Gasteiger partial charge on any atom is -0.493 e. The molecule has 1 saturated heterocycles. The highest BCUT2D eigenvalue weighted by molar-refractivity contribution is 5.59. The second-order valence-corrected chi connectivity index (χ2v) is 7.92. The molecule has 1 fully saturated rings. The molecule has 0 radical (unpaired) electrons. The number of likely N-dealkylation sites (tertiary alicyclic amines) is 1. The van der Waals surface area contributed by atoms with Gasteiger partial charge in [0.15, 0.2) is 0 Å². The molecule has 1 aromatic heterocycles. The van der Waals surface area contributed by atoms with E-state index in [4.69, 9.17) is 9.26 Å². The minimum atomic E-state index is -4.52. The second-order valence-electron chi connectivity index (χ2n) is 7.92. The van der Waals surface area contributed by atoms with E-state index in [1.807, 2.05) is 7.05 Å². The highest BCUT2D eigenvalue weighted by Gasteiger charge is 2.35. The first kappa shape index (κ1) is 22.6. The summed E-state index contributed by atoms with van der Waals surface area (Å²) in [7, 11) is 1.97. The molecule has 1 aromatic carbocycles. The van der Waals surface area contributed by atoms with Crippen LogP contribution in [0.4, 0.5) is 13.2 Å². The van der Waals surface area contributed by atoms with Crippen molar-refractivity contribution < 1.29 is 22.4 Å². The third kappa shape index (κ3) is 5.74. The molecule has 0 saturated carbocycles. The van der Waals surface area contributed by atoms with Gasteiger partial charge in [0.05, 0.1) is 18.2 Å². The number of ether oxygens (including phenoxy) is 1. The van der Waals surface area contributed by atoms with Gasteiger partial charge in [-0.3, -0.25) is 4.90 Å². The van der Waals surface area contributed by atoms with Gasteiger partial charge in [-0.05, 0) is 51.1 Å². The van der Waals surface area contributed by atoms with Crippen LogP contribution >= 0.6 is 0 Å². The first-order valence-electron chi connectivity index (χ1n) is 10.8. The quantitative estimate of drug-likeness (QED) is 0.421. The van der Waals surface area contributed by atoms with Gasteiger partial charge < -0.3 is 9.26 Å². The van der Waals surface area contributed by atoms with Gasteiger partial charge in [-0.1, -0.05) is 44.2 Å². The Morgan fingerprint density at radius 1 is 1.17 bits per heavy atom. The van der Waals surface area contributed by atoms with Gasteiger partial charge in [-0.2, -0.15) is 18.2 Å². The molecule has 5 nitrogen and oxygen atoms in total. The molecule has 1 aliphatic heterocycles. The summed E-state index contributed by atoms with van der Waals surface area (Å²) in [6.07, 6.45) is 3.70. The summed E-state index contributed by atoms with van der Waals surface area (Å²) in [5, 5.41) is 3.91. The van der Waals surface area contributed by atoms with Gasteiger partial charge in [0.25, 0.3) is 0 Å². The van der Waals surface area contributed by atoms with Crippen LogP contribution in [0.3, 0.4) is 0 Å². The average molecular weight is 425 g/mol. The normalized spacial score (nSPS) is 17.6. The molecule has 2 heterocycles. The molecular weight excluding hydrogens is 395 g/mol.